The first-order valence-corrected chi connectivity index (χ1v) is 25.3. The molecule has 0 spiro atoms. The molecule has 1 aromatic carbocycles. The van der Waals surface area contributed by atoms with Gasteiger partial charge in [0.1, 0.15) is 18.1 Å². The molecule has 4 amide bonds. The van der Waals surface area contributed by atoms with Crippen LogP contribution in [0.15, 0.2) is 47.1 Å². The third kappa shape index (κ3) is 10.8. The molecule has 0 unspecified atom stereocenters. The van der Waals surface area contributed by atoms with Gasteiger partial charge in [0.05, 0.1) is 48.2 Å². The minimum Gasteiger partial charge on any atom is -0.464 e. The van der Waals surface area contributed by atoms with Crippen LogP contribution in [0.5, 0.6) is 0 Å². The molecule has 380 valence electrons. The number of nitrogens with one attached hydrogen (secondary N) is 2. The quantitative estimate of drug-likeness (QED) is 0.149. The van der Waals surface area contributed by atoms with Crippen molar-refractivity contribution in [2.45, 2.75) is 130 Å². The van der Waals surface area contributed by atoms with Gasteiger partial charge < -0.3 is 33.6 Å². The highest BCUT2D eigenvalue weighted by atomic mass is 16.5. The fourth-order valence-corrected chi connectivity index (χ4v) is 10.6. The summed E-state index contributed by atoms with van der Waals surface area (Å²) >= 11 is 0. The van der Waals surface area contributed by atoms with Gasteiger partial charge in [-0.15, -0.1) is 0 Å². The third-order valence-electron chi connectivity index (χ3n) is 14.8. The Bertz CT molecular complexity index is 2730. The van der Waals surface area contributed by atoms with E-state index in [1.54, 1.807) is 31.5 Å². The summed E-state index contributed by atoms with van der Waals surface area (Å²) in [6, 6.07) is 7.19. The van der Waals surface area contributed by atoms with Crippen molar-refractivity contribution < 1.29 is 37.9 Å². The molecule has 3 aromatic heterocycles. The number of hydrazine groups is 1. The molecule has 2 N–H and O–H groups in total. The van der Waals surface area contributed by atoms with Gasteiger partial charge in [0.2, 0.25) is 11.8 Å². The number of ether oxygens (including phenoxy) is 2. The smallest absolute Gasteiger partial charge is 0.324 e. The van der Waals surface area contributed by atoms with E-state index in [4.69, 9.17) is 18.9 Å². The van der Waals surface area contributed by atoms with E-state index in [0.29, 0.717) is 44.5 Å². The molecule has 71 heavy (non-hydrogen) atoms. The van der Waals surface area contributed by atoms with Gasteiger partial charge in [-0.3, -0.25) is 38.9 Å². The summed E-state index contributed by atoms with van der Waals surface area (Å²) in [4.78, 5) is 85.3. The van der Waals surface area contributed by atoms with Gasteiger partial charge in [0, 0.05) is 87.1 Å². The fraction of sp³-hybridized carbons (Fsp3) is 0.574. The first kappa shape index (κ1) is 51.3. The van der Waals surface area contributed by atoms with E-state index in [-0.39, 0.29) is 55.8 Å². The number of hydrogen-bond acceptors (Lipinski definition) is 12. The van der Waals surface area contributed by atoms with Crippen molar-refractivity contribution in [2.24, 2.45) is 17.3 Å². The van der Waals surface area contributed by atoms with E-state index in [9.17, 15) is 24.0 Å². The number of pyridine rings is 1. The minimum atomic E-state index is -1.20. The van der Waals surface area contributed by atoms with Gasteiger partial charge in [-0.05, 0) is 108 Å². The predicted octanol–water partition coefficient (Wildman–Crippen LogP) is 5.55. The van der Waals surface area contributed by atoms with Crippen LogP contribution < -0.4 is 10.7 Å². The SMILES string of the molecule is CCn1c(-c2cccnc2[C@H](C)OC)c2c3cc(ccc31)-c1cnc(o1)C[C@H](NC(=O)[C@H](C(C)C)N(C)C(=O)[C@H]1CCN(C(=O)C#CC(C)(C)N3CCC3)C1)C(=O)N1CCC[C@H](N1)C(=O)OCC(C)(C)C2. The number of benzene rings is 1. The number of likely N-dealkylation sites (tertiary alicyclic amines) is 2. The molecule has 8 rings (SSSR count). The largest absolute Gasteiger partial charge is 0.464 e. The summed E-state index contributed by atoms with van der Waals surface area (Å²) in [6.45, 7) is 19.5. The van der Waals surface area contributed by atoms with Gasteiger partial charge in [-0.2, -0.15) is 0 Å². The van der Waals surface area contributed by atoms with Crippen molar-refractivity contribution in [3.05, 3.63) is 59.9 Å². The minimum absolute atomic E-state index is 0.109. The molecular formula is C54H71N9O8. The maximum atomic E-state index is 14.7. The standard InChI is InChI=1S/C54H71N9O8/c1-11-62-42-18-17-35-27-38(42)39(48(62)37-15-12-22-55-46(37)34(4)69-10)29-53(5,6)32-70-52(68)40-16-13-25-63(58-40)51(67)41(28-44-56-30-43(35)71-44)57-49(65)47(33(2)3)59(9)50(66)36-20-26-60(31-36)45(64)19-21-54(7,8)61-23-14-24-61/h12,15,17-18,22,27,30,33-34,36,40-41,47,58H,11,13-14,16,20,23-26,28-29,31-32H2,1-10H3,(H,57,65)/t34-,36-,40-,41-,47-/m0/s1. The monoisotopic (exact) mass is 974 g/mol. The normalized spacial score (nSPS) is 21.7. The molecule has 5 atom stereocenters. The number of oxazole rings is 1. The lowest BCUT2D eigenvalue weighted by Crippen LogP contribution is -2.62. The maximum Gasteiger partial charge on any atom is 0.324 e. The second kappa shape index (κ2) is 20.9. The Kier molecular flexibility index (Phi) is 15.1. The first-order valence-electron chi connectivity index (χ1n) is 25.3. The maximum absolute atomic E-state index is 14.7. The Balaban J connectivity index is 1.09. The summed E-state index contributed by atoms with van der Waals surface area (Å²) in [7, 11) is 3.27. The zero-order valence-corrected chi connectivity index (χ0v) is 43.1. The zero-order chi connectivity index (χ0) is 50.9. The summed E-state index contributed by atoms with van der Waals surface area (Å²) in [5.74, 6) is 3.68. The van der Waals surface area contributed by atoms with Crippen LogP contribution in [0.4, 0.5) is 0 Å². The highest BCUT2D eigenvalue weighted by Gasteiger charge is 2.41. The molecule has 0 radical (unpaired) electrons. The fourth-order valence-electron chi connectivity index (χ4n) is 10.6. The molecule has 3 fully saturated rings. The second-order valence-corrected chi connectivity index (χ2v) is 21.3. The van der Waals surface area contributed by atoms with E-state index in [1.807, 2.05) is 46.8 Å². The molecule has 6 bridgehead atoms. The Morgan fingerprint density at radius 1 is 1.06 bits per heavy atom. The Morgan fingerprint density at radius 3 is 2.54 bits per heavy atom. The Morgan fingerprint density at radius 2 is 1.83 bits per heavy atom. The summed E-state index contributed by atoms with van der Waals surface area (Å²) in [5, 5.41) is 5.35. The molecule has 0 aliphatic carbocycles. The molecule has 17 nitrogen and oxygen atoms in total. The van der Waals surface area contributed by atoms with Gasteiger partial charge >= 0.3 is 5.97 Å². The van der Waals surface area contributed by atoms with Crippen LogP contribution >= 0.6 is 0 Å². The molecule has 7 heterocycles. The molecule has 3 saturated heterocycles. The van der Waals surface area contributed by atoms with Crippen LogP contribution in [0, 0.1) is 29.1 Å². The lowest BCUT2D eigenvalue weighted by molar-refractivity contribution is -0.155. The number of fused-ring (bicyclic) bond motifs is 6. The molecule has 4 aromatic rings. The first-order chi connectivity index (χ1) is 33.8. The number of carbonyl (C=O) groups excluding carboxylic acids is 5. The lowest BCUT2D eigenvalue weighted by Gasteiger charge is -2.41. The number of esters is 1. The van der Waals surface area contributed by atoms with Crippen LogP contribution in [0.3, 0.4) is 0 Å². The van der Waals surface area contributed by atoms with E-state index in [1.165, 1.54) is 9.91 Å². The van der Waals surface area contributed by atoms with Crippen LogP contribution in [0.25, 0.3) is 33.5 Å². The van der Waals surface area contributed by atoms with Gasteiger partial charge in [-0.25, -0.2) is 10.4 Å². The lowest BCUT2D eigenvalue weighted by atomic mass is 9.84. The number of likely N-dealkylation sites (N-methyl/N-ethyl adjacent to an activating group) is 1. The number of nitrogens with zero attached hydrogens (tertiary/aromatic N) is 7. The number of cyclic esters (lactones) is 1. The predicted molar refractivity (Wildman–Crippen MR) is 268 cm³/mol. The number of hydrogen-bond donors (Lipinski definition) is 2. The number of amides is 4. The summed E-state index contributed by atoms with van der Waals surface area (Å²) < 4.78 is 20.7. The second-order valence-electron chi connectivity index (χ2n) is 21.3. The van der Waals surface area contributed by atoms with Crippen LogP contribution in [0.2, 0.25) is 0 Å². The highest BCUT2D eigenvalue weighted by molar-refractivity contribution is 5.97. The molecule has 0 saturated carbocycles. The van der Waals surface area contributed by atoms with Crippen molar-refractivity contribution in [3.63, 3.8) is 0 Å². The Labute approximate surface area is 417 Å². The third-order valence-corrected chi connectivity index (χ3v) is 14.8. The van der Waals surface area contributed by atoms with E-state index in [2.05, 4.69) is 76.0 Å². The average Bonchev–Trinajstić information content (AvgIpc) is 4.09. The van der Waals surface area contributed by atoms with E-state index >= 15 is 0 Å². The van der Waals surface area contributed by atoms with Gasteiger partial charge in [0.15, 0.2) is 11.7 Å². The van der Waals surface area contributed by atoms with E-state index in [0.717, 1.165) is 58.5 Å². The molecule has 4 aliphatic rings. The summed E-state index contributed by atoms with van der Waals surface area (Å²) in [5.41, 5.74) is 7.77. The van der Waals surface area contributed by atoms with E-state index < -0.39 is 52.8 Å². The van der Waals surface area contributed by atoms with Gasteiger partial charge in [0.25, 0.3) is 11.8 Å². The van der Waals surface area contributed by atoms with Crippen molar-refractivity contribution >= 4 is 40.5 Å². The zero-order valence-electron chi connectivity index (χ0n) is 43.1. The number of aryl methyl sites for hydroxylation is 1. The number of aromatic nitrogens is 3. The van der Waals surface area contributed by atoms with Crippen molar-refractivity contribution in [3.8, 4) is 34.4 Å². The van der Waals surface area contributed by atoms with Crippen molar-refractivity contribution in [2.75, 3.05) is 53.5 Å². The van der Waals surface area contributed by atoms with Crippen LogP contribution in [-0.2, 0) is 52.8 Å². The van der Waals surface area contributed by atoms with Crippen molar-refractivity contribution in [1.82, 2.24) is 45.0 Å². The molecule has 17 heteroatoms. The number of carbonyl (C=O) groups is 5. The average molecular weight is 974 g/mol. The Hall–Kier alpha value is -6.09. The number of methoxy groups -OCH3 is 1. The van der Waals surface area contributed by atoms with Crippen LogP contribution in [-0.4, -0.2) is 141 Å². The topological polar surface area (TPSA) is 185 Å². The molecular weight excluding hydrogens is 903 g/mol. The molecule has 4 aliphatic heterocycles. The van der Waals surface area contributed by atoms with Gasteiger partial charge in [-0.1, -0.05) is 33.6 Å². The van der Waals surface area contributed by atoms with Crippen molar-refractivity contribution in [1.29, 1.82) is 0 Å². The van der Waals surface area contributed by atoms with Crippen LogP contribution in [0.1, 0.15) is 104 Å². The number of rotatable bonds is 10. The summed E-state index contributed by atoms with van der Waals surface area (Å²) in [6.07, 6.45) is 6.07. The highest BCUT2D eigenvalue weighted by Crippen LogP contribution is 2.42.